The molecule has 2 rings (SSSR count). The molecule has 2 aromatic rings. The number of benzene rings is 2. The number of carbonyl (C=O) groups is 3. The predicted molar refractivity (Wildman–Crippen MR) is 232 cm³/mol. The maximum atomic E-state index is 12.8. The highest BCUT2D eigenvalue weighted by atomic mass is 35.5. The Morgan fingerprint density at radius 1 is 0.685 bits per heavy atom. The fraction of sp³-hybridized carbons (Fsp3) is 0.386. The van der Waals surface area contributed by atoms with Crippen LogP contribution in [0.3, 0.4) is 0 Å². The lowest BCUT2D eigenvalue weighted by Gasteiger charge is -2.25. The average molecular weight is 793 g/mol. The lowest BCUT2D eigenvalue weighted by atomic mass is 10.1. The van der Waals surface area contributed by atoms with E-state index in [0.29, 0.717) is 60.3 Å². The Morgan fingerprint density at radius 2 is 1.24 bits per heavy atom. The molecule has 0 aliphatic carbocycles. The van der Waals surface area contributed by atoms with Gasteiger partial charge in [0.2, 0.25) is 5.91 Å². The highest BCUT2D eigenvalue weighted by Crippen LogP contribution is 2.21. The standard InChI is InChI=1S/C44H58ClN3O4S2/c1-4-5-6-7-8-9-10-11-12-13-14-15-16-17-18-19-20-21-22-23-41(49)48-36-54-53-35-34-47-43(51)44(2,3)52-40-30-24-37(25-31-40)32-33-46-42(50)38-26-28-39(45)29-27-38/h5-6,8-9,11-12,14-15,17-18,20-21,24-31H,4,7,10,13,16,19,22-23,32-36H2,1-3H3,(H,46,50)(H,47,51)(H,48,49)/b6-5-,9-8-,12-11-,15-14-,18-17-,21-20-. The fourth-order valence-electron chi connectivity index (χ4n) is 4.66. The monoisotopic (exact) mass is 791 g/mol. The number of halogens is 1. The molecule has 0 unspecified atom stereocenters. The van der Waals surface area contributed by atoms with Crippen LogP contribution in [0.5, 0.6) is 5.75 Å². The van der Waals surface area contributed by atoms with Crippen LogP contribution in [0.2, 0.25) is 5.02 Å². The number of nitrogens with one attached hydrogen (secondary N) is 3. The fourth-order valence-corrected chi connectivity index (χ4v) is 6.42. The molecule has 0 aromatic heterocycles. The summed E-state index contributed by atoms with van der Waals surface area (Å²) >= 11 is 5.89. The summed E-state index contributed by atoms with van der Waals surface area (Å²) in [5.74, 6) is 1.48. The zero-order chi connectivity index (χ0) is 39.1. The molecule has 0 heterocycles. The van der Waals surface area contributed by atoms with Crippen LogP contribution in [-0.2, 0) is 16.0 Å². The van der Waals surface area contributed by atoms with E-state index < -0.39 is 5.60 Å². The van der Waals surface area contributed by atoms with Crippen LogP contribution in [0.1, 0.15) is 88.1 Å². The van der Waals surface area contributed by atoms with Gasteiger partial charge in [-0.25, -0.2) is 0 Å². The van der Waals surface area contributed by atoms with Crippen LogP contribution < -0.4 is 20.7 Å². The number of rotatable bonds is 27. The van der Waals surface area contributed by atoms with Crippen molar-refractivity contribution in [2.45, 2.75) is 84.2 Å². The Bertz CT molecular complexity index is 1550. The SMILES string of the molecule is CC/C=C\C/C=C\C/C=C\C/C=C\C/C=C\C/C=C\CCC(=O)NCSSCCNC(=O)C(C)(C)Oc1ccc(CCNC(=O)c2ccc(Cl)cc2)cc1. The van der Waals surface area contributed by atoms with E-state index in [1.165, 1.54) is 0 Å². The van der Waals surface area contributed by atoms with Crippen molar-refractivity contribution in [2.75, 3.05) is 24.7 Å². The van der Waals surface area contributed by atoms with E-state index in [-0.39, 0.29) is 17.7 Å². The van der Waals surface area contributed by atoms with Gasteiger partial charge < -0.3 is 20.7 Å². The molecule has 2 aromatic carbocycles. The van der Waals surface area contributed by atoms with E-state index in [9.17, 15) is 14.4 Å². The van der Waals surface area contributed by atoms with Crippen molar-refractivity contribution in [3.8, 4) is 5.75 Å². The summed E-state index contributed by atoms with van der Waals surface area (Å²) in [5.41, 5.74) is 0.550. The molecule has 0 fully saturated rings. The van der Waals surface area contributed by atoms with E-state index >= 15 is 0 Å². The molecule has 3 N–H and O–H groups in total. The molecule has 54 heavy (non-hydrogen) atoms. The van der Waals surface area contributed by atoms with E-state index in [2.05, 4.69) is 95.8 Å². The average Bonchev–Trinajstić information content (AvgIpc) is 3.16. The first-order chi connectivity index (χ1) is 26.2. The highest BCUT2D eigenvalue weighted by Gasteiger charge is 2.29. The maximum Gasteiger partial charge on any atom is 0.263 e. The molecule has 0 aliphatic rings. The molecule has 3 amide bonds. The summed E-state index contributed by atoms with van der Waals surface area (Å²) < 4.78 is 5.99. The maximum absolute atomic E-state index is 12.8. The first-order valence-corrected chi connectivity index (χ1v) is 21.6. The van der Waals surface area contributed by atoms with Crippen molar-refractivity contribution in [3.63, 3.8) is 0 Å². The van der Waals surface area contributed by atoms with Crippen molar-refractivity contribution in [1.82, 2.24) is 16.0 Å². The second-order valence-electron chi connectivity index (χ2n) is 12.7. The van der Waals surface area contributed by atoms with Gasteiger partial charge in [-0.1, -0.05) is 125 Å². The van der Waals surface area contributed by atoms with Gasteiger partial charge in [0, 0.05) is 35.8 Å². The number of allylic oxidation sites excluding steroid dienone is 12. The molecule has 0 aliphatic heterocycles. The topological polar surface area (TPSA) is 96.5 Å². The van der Waals surface area contributed by atoms with Crippen LogP contribution in [0.25, 0.3) is 0 Å². The van der Waals surface area contributed by atoms with E-state index in [1.807, 2.05) is 24.3 Å². The van der Waals surface area contributed by atoms with E-state index in [1.54, 1.807) is 59.7 Å². The molecule has 0 bridgehead atoms. The van der Waals surface area contributed by atoms with Gasteiger partial charge in [0.15, 0.2) is 5.60 Å². The normalized spacial score (nSPS) is 12.2. The van der Waals surface area contributed by atoms with Gasteiger partial charge in [-0.2, -0.15) is 0 Å². The molecular formula is C44H58ClN3O4S2. The lowest BCUT2D eigenvalue weighted by molar-refractivity contribution is -0.134. The smallest absolute Gasteiger partial charge is 0.263 e. The Kier molecular flexibility index (Phi) is 25.2. The second-order valence-corrected chi connectivity index (χ2v) is 15.7. The predicted octanol–water partition coefficient (Wildman–Crippen LogP) is 10.5. The second kappa shape index (κ2) is 29.4. The van der Waals surface area contributed by atoms with Crippen LogP contribution in [0, 0.1) is 0 Å². The summed E-state index contributed by atoms with van der Waals surface area (Å²) in [6.45, 7) is 6.60. The minimum atomic E-state index is -1.05. The molecular weight excluding hydrogens is 734 g/mol. The lowest BCUT2D eigenvalue weighted by Crippen LogP contribution is -2.47. The molecule has 10 heteroatoms. The number of amides is 3. The third-order valence-corrected chi connectivity index (χ3v) is 10.1. The molecule has 7 nitrogen and oxygen atoms in total. The first kappa shape index (κ1) is 46.2. The van der Waals surface area contributed by atoms with Crippen LogP contribution >= 0.6 is 33.2 Å². The van der Waals surface area contributed by atoms with Crippen molar-refractivity contribution in [3.05, 3.63) is 138 Å². The minimum Gasteiger partial charge on any atom is -0.478 e. The summed E-state index contributed by atoms with van der Waals surface area (Å²) in [6.07, 6.45) is 33.7. The number of hydrogen-bond donors (Lipinski definition) is 3. The van der Waals surface area contributed by atoms with Gasteiger partial charge in [-0.05, 0) is 107 Å². The Labute approximate surface area is 336 Å². The van der Waals surface area contributed by atoms with Crippen molar-refractivity contribution < 1.29 is 19.1 Å². The van der Waals surface area contributed by atoms with Crippen LogP contribution in [0.4, 0.5) is 0 Å². The van der Waals surface area contributed by atoms with Gasteiger partial charge in [0.1, 0.15) is 5.75 Å². The molecule has 0 saturated heterocycles. The summed E-state index contributed by atoms with van der Waals surface area (Å²) in [6, 6.07) is 14.3. The third-order valence-electron chi connectivity index (χ3n) is 7.67. The van der Waals surface area contributed by atoms with Crippen molar-refractivity contribution >= 4 is 50.9 Å². The Morgan fingerprint density at radius 3 is 1.81 bits per heavy atom. The number of ether oxygens (including phenoxy) is 1. The number of carbonyl (C=O) groups excluding carboxylic acids is 3. The van der Waals surface area contributed by atoms with Crippen molar-refractivity contribution in [1.29, 1.82) is 0 Å². The quantitative estimate of drug-likeness (QED) is 0.0361. The Hall–Kier alpha value is -3.92. The van der Waals surface area contributed by atoms with Crippen LogP contribution in [-0.4, -0.2) is 48.0 Å². The highest BCUT2D eigenvalue weighted by molar-refractivity contribution is 8.76. The Balaban J connectivity index is 1.46. The zero-order valence-electron chi connectivity index (χ0n) is 32.1. The van der Waals surface area contributed by atoms with Gasteiger partial charge >= 0.3 is 0 Å². The minimum absolute atomic E-state index is 0.0313. The molecule has 0 radical (unpaired) electrons. The van der Waals surface area contributed by atoms with E-state index in [0.717, 1.165) is 44.1 Å². The molecule has 0 atom stereocenters. The molecule has 0 spiro atoms. The largest absolute Gasteiger partial charge is 0.478 e. The van der Waals surface area contributed by atoms with Crippen LogP contribution in [0.15, 0.2) is 121 Å². The molecule has 292 valence electrons. The van der Waals surface area contributed by atoms with Crippen molar-refractivity contribution in [2.24, 2.45) is 0 Å². The van der Waals surface area contributed by atoms with Gasteiger partial charge in [-0.3, -0.25) is 14.4 Å². The first-order valence-electron chi connectivity index (χ1n) is 18.7. The number of hydrogen-bond acceptors (Lipinski definition) is 6. The summed E-state index contributed by atoms with van der Waals surface area (Å²) in [4.78, 5) is 37.2. The molecule has 0 saturated carbocycles. The van der Waals surface area contributed by atoms with Gasteiger partial charge in [0.25, 0.3) is 11.8 Å². The summed E-state index contributed by atoms with van der Waals surface area (Å²) in [7, 11) is 3.14. The van der Waals surface area contributed by atoms with E-state index in [4.69, 9.17) is 16.3 Å². The summed E-state index contributed by atoms with van der Waals surface area (Å²) in [5, 5.41) is 9.36. The third kappa shape index (κ3) is 23.0. The van der Waals surface area contributed by atoms with Gasteiger partial charge in [0.05, 0.1) is 5.88 Å². The zero-order valence-corrected chi connectivity index (χ0v) is 34.5. The van der Waals surface area contributed by atoms with Gasteiger partial charge in [-0.15, -0.1) is 0 Å².